The second-order valence-corrected chi connectivity index (χ2v) is 5.78. The van der Waals surface area contributed by atoms with Gasteiger partial charge in [-0.25, -0.2) is 0 Å². The maximum atomic E-state index is 5.79. The molecule has 0 heterocycles. The van der Waals surface area contributed by atoms with Crippen LogP contribution in [0.2, 0.25) is 0 Å². The minimum Gasteiger partial charge on any atom is -0.381 e. The maximum Gasteiger partial charge on any atom is 0.0505 e. The molecule has 0 N–H and O–H groups in total. The first-order valence-corrected chi connectivity index (χ1v) is 7.60. The molecule has 2 heteroatoms. The van der Waals surface area contributed by atoms with Gasteiger partial charge in [0.1, 0.15) is 0 Å². The van der Waals surface area contributed by atoms with E-state index >= 15 is 0 Å². The van der Waals surface area contributed by atoms with Crippen LogP contribution in [0.1, 0.15) is 24.0 Å². The first-order valence-electron chi connectivity index (χ1n) is 6.48. The average Bonchev–Trinajstić information content (AvgIpc) is 3.14. The Morgan fingerprint density at radius 3 is 2.76 bits per heavy atom. The van der Waals surface area contributed by atoms with Gasteiger partial charge in [0, 0.05) is 11.9 Å². The third-order valence-corrected chi connectivity index (χ3v) is 4.31. The predicted molar refractivity (Wildman–Crippen MR) is 75.7 cm³/mol. The van der Waals surface area contributed by atoms with Crippen LogP contribution in [0.25, 0.3) is 0 Å². The molecule has 0 bridgehead atoms. The smallest absolute Gasteiger partial charge is 0.0505 e. The van der Waals surface area contributed by atoms with Gasteiger partial charge >= 0.3 is 0 Å². The molecule has 1 saturated carbocycles. The van der Waals surface area contributed by atoms with Gasteiger partial charge in [0.15, 0.2) is 0 Å². The van der Waals surface area contributed by atoms with Crippen LogP contribution in [0.5, 0.6) is 0 Å². The van der Waals surface area contributed by atoms with Crippen molar-refractivity contribution in [2.75, 3.05) is 18.5 Å². The number of benzene rings is 1. The van der Waals surface area contributed by atoms with Crippen LogP contribution in [0.4, 0.5) is 0 Å². The highest BCUT2D eigenvalue weighted by atomic mass is 79.9. The van der Waals surface area contributed by atoms with Crippen LogP contribution in [0, 0.1) is 18.8 Å². The van der Waals surface area contributed by atoms with E-state index < -0.39 is 0 Å². The van der Waals surface area contributed by atoms with Crippen LogP contribution in [0.3, 0.4) is 0 Å². The zero-order valence-electron chi connectivity index (χ0n) is 10.5. The van der Waals surface area contributed by atoms with Crippen LogP contribution in [0.15, 0.2) is 24.3 Å². The summed E-state index contributed by atoms with van der Waals surface area (Å²) in [5.74, 6) is 1.46. The van der Waals surface area contributed by atoms with E-state index in [1.165, 1.54) is 24.0 Å². The van der Waals surface area contributed by atoms with Crippen LogP contribution >= 0.6 is 15.9 Å². The summed E-state index contributed by atoms with van der Waals surface area (Å²) in [6, 6.07) is 8.64. The maximum absolute atomic E-state index is 5.79. The Bertz CT molecular complexity index is 347. The lowest BCUT2D eigenvalue weighted by atomic mass is 9.98. The van der Waals surface area contributed by atoms with Gasteiger partial charge < -0.3 is 4.74 Å². The lowest BCUT2D eigenvalue weighted by Gasteiger charge is -2.15. The molecule has 94 valence electrons. The third-order valence-electron chi connectivity index (χ3n) is 3.39. The largest absolute Gasteiger partial charge is 0.381 e. The molecule has 0 amide bonds. The van der Waals surface area contributed by atoms with E-state index in [0.29, 0.717) is 5.92 Å². The summed E-state index contributed by atoms with van der Waals surface area (Å²) in [4.78, 5) is 0. The first kappa shape index (κ1) is 13.1. The lowest BCUT2D eigenvalue weighted by Crippen LogP contribution is -2.15. The Hall–Kier alpha value is -0.340. The van der Waals surface area contributed by atoms with E-state index in [1.807, 2.05) is 0 Å². The van der Waals surface area contributed by atoms with Crippen molar-refractivity contribution in [1.82, 2.24) is 0 Å². The highest BCUT2D eigenvalue weighted by Gasteiger charge is 2.21. The summed E-state index contributed by atoms with van der Waals surface area (Å²) in [7, 11) is 0. The average molecular weight is 297 g/mol. The minimum absolute atomic E-state index is 0.592. The molecule has 0 aliphatic heterocycles. The molecular weight excluding hydrogens is 276 g/mol. The molecule has 1 nitrogen and oxygen atoms in total. The molecule has 1 fully saturated rings. The zero-order valence-corrected chi connectivity index (χ0v) is 12.1. The number of hydrogen-bond acceptors (Lipinski definition) is 1. The fourth-order valence-corrected chi connectivity index (χ4v) is 2.41. The molecule has 2 rings (SSSR count). The summed E-state index contributed by atoms with van der Waals surface area (Å²) in [6.45, 7) is 4.04. The van der Waals surface area contributed by atoms with E-state index in [4.69, 9.17) is 4.74 Å². The summed E-state index contributed by atoms with van der Waals surface area (Å²) >= 11 is 3.60. The number of hydrogen-bond donors (Lipinski definition) is 0. The topological polar surface area (TPSA) is 9.23 Å². The Morgan fingerprint density at radius 1 is 1.35 bits per heavy atom. The van der Waals surface area contributed by atoms with Crippen molar-refractivity contribution in [2.24, 2.45) is 11.8 Å². The van der Waals surface area contributed by atoms with Gasteiger partial charge in [-0.2, -0.15) is 0 Å². The van der Waals surface area contributed by atoms with Gasteiger partial charge in [0.25, 0.3) is 0 Å². The monoisotopic (exact) mass is 296 g/mol. The van der Waals surface area contributed by atoms with Crippen LogP contribution in [-0.2, 0) is 11.2 Å². The molecule has 1 atom stereocenters. The number of aryl methyl sites for hydroxylation is 1. The lowest BCUT2D eigenvalue weighted by molar-refractivity contribution is 0.0979. The minimum atomic E-state index is 0.592. The zero-order chi connectivity index (χ0) is 12.1. The summed E-state index contributed by atoms with van der Waals surface area (Å²) < 4.78 is 5.79. The molecule has 1 aromatic carbocycles. The Morgan fingerprint density at radius 2 is 2.12 bits per heavy atom. The van der Waals surface area contributed by atoms with Crippen molar-refractivity contribution < 1.29 is 4.74 Å². The quantitative estimate of drug-likeness (QED) is 0.692. The highest BCUT2D eigenvalue weighted by Crippen LogP contribution is 2.29. The predicted octanol–water partition coefficient (Wildman–Crippen LogP) is 3.98. The molecule has 0 spiro atoms. The number of ether oxygens (including phenoxy) is 1. The third kappa shape index (κ3) is 4.44. The first-order chi connectivity index (χ1) is 8.29. The molecule has 0 aromatic heterocycles. The Labute approximate surface area is 113 Å². The van der Waals surface area contributed by atoms with E-state index in [2.05, 4.69) is 47.1 Å². The summed E-state index contributed by atoms with van der Waals surface area (Å²) in [6.07, 6.45) is 3.86. The molecular formula is C15H21BrO. The van der Waals surface area contributed by atoms with E-state index in [0.717, 1.165) is 30.9 Å². The fraction of sp³-hybridized carbons (Fsp3) is 0.600. The number of alkyl halides is 1. The van der Waals surface area contributed by atoms with Crippen LogP contribution < -0.4 is 0 Å². The van der Waals surface area contributed by atoms with Crippen molar-refractivity contribution in [3.05, 3.63) is 35.4 Å². The molecule has 0 radical (unpaired) electrons. The van der Waals surface area contributed by atoms with Crippen molar-refractivity contribution in [3.8, 4) is 0 Å². The molecule has 1 aromatic rings. The normalized spacial score (nSPS) is 17.1. The van der Waals surface area contributed by atoms with Gasteiger partial charge in [-0.05, 0) is 49.1 Å². The van der Waals surface area contributed by atoms with Crippen molar-refractivity contribution in [2.45, 2.75) is 26.2 Å². The van der Waals surface area contributed by atoms with Crippen molar-refractivity contribution in [1.29, 1.82) is 0 Å². The summed E-state index contributed by atoms with van der Waals surface area (Å²) in [5, 5.41) is 1.02. The Balaban J connectivity index is 1.79. The molecule has 1 aliphatic carbocycles. The van der Waals surface area contributed by atoms with Gasteiger partial charge in [-0.3, -0.25) is 0 Å². The molecule has 1 aliphatic rings. The Kier molecular flexibility index (Phi) is 5.05. The van der Waals surface area contributed by atoms with Crippen LogP contribution in [-0.4, -0.2) is 18.5 Å². The van der Waals surface area contributed by atoms with E-state index in [-0.39, 0.29) is 0 Å². The summed E-state index contributed by atoms with van der Waals surface area (Å²) in [5.41, 5.74) is 2.84. The SMILES string of the molecule is Cc1ccccc1CC(CBr)COCC1CC1. The van der Waals surface area contributed by atoms with Gasteiger partial charge in [-0.15, -0.1) is 0 Å². The van der Waals surface area contributed by atoms with Crippen molar-refractivity contribution >= 4 is 15.9 Å². The standard InChI is InChI=1S/C15H21BrO/c1-12-4-2-3-5-15(12)8-14(9-16)11-17-10-13-6-7-13/h2-5,13-14H,6-11H2,1H3. The van der Waals surface area contributed by atoms with Gasteiger partial charge in [-0.1, -0.05) is 40.2 Å². The highest BCUT2D eigenvalue weighted by molar-refractivity contribution is 9.09. The molecule has 17 heavy (non-hydrogen) atoms. The number of halogens is 1. The van der Waals surface area contributed by atoms with E-state index in [1.54, 1.807) is 0 Å². The van der Waals surface area contributed by atoms with Gasteiger partial charge in [0.2, 0.25) is 0 Å². The molecule has 1 unspecified atom stereocenters. The van der Waals surface area contributed by atoms with E-state index in [9.17, 15) is 0 Å². The second-order valence-electron chi connectivity index (χ2n) is 5.13. The van der Waals surface area contributed by atoms with Crippen molar-refractivity contribution in [3.63, 3.8) is 0 Å². The number of rotatable bonds is 7. The van der Waals surface area contributed by atoms with Gasteiger partial charge in [0.05, 0.1) is 6.61 Å². The fourth-order valence-electron chi connectivity index (χ4n) is 1.99. The molecule has 0 saturated heterocycles. The second kappa shape index (κ2) is 6.55.